The molecule has 18 heavy (non-hydrogen) atoms. The number of nitrogens with zero attached hydrogens (tertiary/aromatic N) is 4. The van der Waals surface area contributed by atoms with Gasteiger partial charge in [-0.2, -0.15) is 10.1 Å². The molecule has 0 radical (unpaired) electrons. The Morgan fingerprint density at radius 3 is 2.78 bits per heavy atom. The van der Waals surface area contributed by atoms with Crippen molar-refractivity contribution >= 4 is 17.4 Å². The number of hydrogen-bond donors (Lipinski definition) is 1. The second kappa shape index (κ2) is 4.89. The number of rotatable bonds is 3. The van der Waals surface area contributed by atoms with E-state index in [1.807, 2.05) is 20.9 Å². The van der Waals surface area contributed by atoms with E-state index in [-0.39, 0.29) is 11.1 Å². The van der Waals surface area contributed by atoms with Gasteiger partial charge in [0.05, 0.1) is 11.9 Å². The lowest BCUT2D eigenvalue weighted by molar-refractivity contribution is 0.616. The maximum atomic E-state index is 13.4. The van der Waals surface area contributed by atoms with Crippen molar-refractivity contribution in [1.29, 1.82) is 0 Å². The summed E-state index contributed by atoms with van der Waals surface area (Å²) in [7, 11) is 1.87. The SMILES string of the molecule is Cc1nn(C)c(C)c1CNc1nc(Cl)ncc1F. The predicted molar refractivity (Wildman–Crippen MR) is 67.0 cm³/mol. The monoisotopic (exact) mass is 269 g/mol. The van der Waals surface area contributed by atoms with Gasteiger partial charge in [-0.05, 0) is 25.4 Å². The summed E-state index contributed by atoms with van der Waals surface area (Å²) in [4.78, 5) is 7.35. The van der Waals surface area contributed by atoms with Crippen LogP contribution in [0, 0.1) is 19.7 Å². The Balaban J connectivity index is 2.19. The average Bonchev–Trinajstić information content (AvgIpc) is 2.55. The number of aromatic nitrogens is 4. The first-order chi connectivity index (χ1) is 8.49. The minimum Gasteiger partial charge on any atom is -0.363 e. The standard InChI is InChI=1S/C11H13ClFN5/c1-6-8(7(2)18(3)17-6)4-14-10-9(13)5-15-11(12)16-10/h5H,4H2,1-3H3,(H,14,15,16). The Morgan fingerprint density at radius 2 is 2.17 bits per heavy atom. The van der Waals surface area contributed by atoms with Crippen LogP contribution in [0.3, 0.4) is 0 Å². The summed E-state index contributed by atoms with van der Waals surface area (Å²) in [6.07, 6.45) is 1.04. The van der Waals surface area contributed by atoms with E-state index in [1.54, 1.807) is 4.68 Å². The van der Waals surface area contributed by atoms with Crippen LogP contribution >= 0.6 is 11.6 Å². The molecule has 96 valence electrons. The molecule has 0 fully saturated rings. The third-order valence-electron chi connectivity index (χ3n) is 2.81. The Hall–Kier alpha value is -1.69. The smallest absolute Gasteiger partial charge is 0.224 e. The van der Waals surface area contributed by atoms with Crippen molar-refractivity contribution in [3.63, 3.8) is 0 Å². The van der Waals surface area contributed by atoms with Crippen molar-refractivity contribution in [3.05, 3.63) is 34.2 Å². The van der Waals surface area contributed by atoms with E-state index in [4.69, 9.17) is 11.6 Å². The van der Waals surface area contributed by atoms with Crippen molar-refractivity contribution in [2.24, 2.45) is 7.05 Å². The van der Waals surface area contributed by atoms with Crippen LogP contribution in [0.25, 0.3) is 0 Å². The molecule has 0 aliphatic heterocycles. The van der Waals surface area contributed by atoms with E-state index in [0.717, 1.165) is 23.1 Å². The third-order valence-corrected chi connectivity index (χ3v) is 2.99. The van der Waals surface area contributed by atoms with Crippen LogP contribution in [0.15, 0.2) is 6.20 Å². The molecule has 1 N–H and O–H groups in total. The van der Waals surface area contributed by atoms with Crippen LogP contribution in [-0.4, -0.2) is 19.7 Å². The van der Waals surface area contributed by atoms with Crippen LogP contribution < -0.4 is 5.32 Å². The van der Waals surface area contributed by atoms with Gasteiger partial charge in [-0.3, -0.25) is 4.68 Å². The molecule has 0 amide bonds. The van der Waals surface area contributed by atoms with Gasteiger partial charge in [0.25, 0.3) is 0 Å². The fraction of sp³-hybridized carbons (Fsp3) is 0.364. The number of anilines is 1. The lowest BCUT2D eigenvalue weighted by atomic mass is 10.2. The zero-order chi connectivity index (χ0) is 13.3. The van der Waals surface area contributed by atoms with Gasteiger partial charge in [0, 0.05) is 24.8 Å². The van der Waals surface area contributed by atoms with Crippen LogP contribution in [0.5, 0.6) is 0 Å². The first-order valence-corrected chi connectivity index (χ1v) is 5.78. The molecule has 0 aliphatic carbocycles. The summed E-state index contributed by atoms with van der Waals surface area (Å²) in [5.41, 5.74) is 2.95. The Morgan fingerprint density at radius 1 is 1.44 bits per heavy atom. The summed E-state index contributed by atoms with van der Waals surface area (Å²) in [6, 6.07) is 0. The van der Waals surface area contributed by atoms with Crippen molar-refractivity contribution in [1.82, 2.24) is 19.7 Å². The van der Waals surface area contributed by atoms with Crippen LogP contribution in [0.4, 0.5) is 10.2 Å². The van der Waals surface area contributed by atoms with E-state index >= 15 is 0 Å². The van der Waals surface area contributed by atoms with E-state index in [0.29, 0.717) is 6.54 Å². The summed E-state index contributed by atoms with van der Waals surface area (Å²) < 4.78 is 15.2. The van der Waals surface area contributed by atoms with Gasteiger partial charge in [-0.25, -0.2) is 9.37 Å². The zero-order valence-electron chi connectivity index (χ0n) is 10.3. The highest BCUT2D eigenvalue weighted by Gasteiger charge is 2.11. The lowest BCUT2D eigenvalue weighted by Gasteiger charge is -2.07. The predicted octanol–water partition coefficient (Wildman–Crippen LogP) is 2.23. The maximum absolute atomic E-state index is 13.4. The largest absolute Gasteiger partial charge is 0.363 e. The fourth-order valence-corrected chi connectivity index (χ4v) is 1.85. The molecule has 0 saturated heterocycles. The topological polar surface area (TPSA) is 55.6 Å². The minimum atomic E-state index is -0.529. The molecule has 2 aromatic heterocycles. The summed E-state index contributed by atoms with van der Waals surface area (Å²) in [5.74, 6) is -0.434. The highest BCUT2D eigenvalue weighted by Crippen LogP contribution is 2.16. The Labute approximate surface area is 109 Å². The molecule has 2 heterocycles. The van der Waals surface area contributed by atoms with Gasteiger partial charge >= 0.3 is 0 Å². The number of hydrogen-bond acceptors (Lipinski definition) is 4. The van der Waals surface area contributed by atoms with Crippen LogP contribution in [0.2, 0.25) is 5.28 Å². The molecule has 5 nitrogen and oxygen atoms in total. The van der Waals surface area contributed by atoms with E-state index < -0.39 is 5.82 Å². The summed E-state index contributed by atoms with van der Waals surface area (Å²) >= 11 is 5.62. The molecule has 0 spiro atoms. The second-order valence-electron chi connectivity index (χ2n) is 3.96. The van der Waals surface area contributed by atoms with Gasteiger partial charge in [-0.15, -0.1) is 0 Å². The highest BCUT2D eigenvalue weighted by molar-refractivity contribution is 6.28. The molecule has 0 saturated carbocycles. The van der Waals surface area contributed by atoms with Gasteiger partial charge in [0.15, 0.2) is 11.6 Å². The molecule has 2 aromatic rings. The fourth-order valence-electron chi connectivity index (χ4n) is 1.71. The Kier molecular flexibility index (Phi) is 3.47. The lowest BCUT2D eigenvalue weighted by Crippen LogP contribution is -2.06. The van der Waals surface area contributed by atoms with Gasteiger partial charge in [0.1, 0.15) is 0 Å². The van der Waals surface area contributed by atoms with Gasteiger partial charge < -0.3 is 5.32 Å². The molecule has 7 heteroatoms. The van der Waals surface area contributed by atoms with Gasteiger partial charge in [-0.1, -0.05) is 0 Å². The van der Waals surface area contributed by atoms with Crippen molar-refractivity contribution < 1.29 is 4.39 Å². The molecular formula is C11H13ClFN5. The first kappa shape index (κ1) is 12.8. The molecular weight excluding hydrogens is 257 g/mol. The van der Waals surface area contributed by atoms with Crippen molar-refractivity contribution in [2.75, 3.05) is 5.32 Å². The Bertz CT molecular complexity index is 581. The molecule has 0 aromatic carbocycles. The van der Waals surface area contributed by atoms with Crippen molar-refractivity contribution in [3.8, 4) is 0 Å². The minimum absolute atomic E-state index is 0.0125. The summed E-state index contributed by atoms with van der Waals surface area (Å²) in [5, 5.41) is 7.20. The number of aryl methyl sites for hydroxylation is 2. The van der Waals surface area contributed by atoms with E-state index in [1.165, 1.54) is 0 Å². The van der Waals surface area contributed by atoms with Crippen LogP contribution in [-0.2, 0) is 13.6 Å². The maximum Gasteiger partial charge on any atom is 0.224 e. The second-order valence-corrected chi connectivity index (χ2v) is 4.30. The summed E-state index contributed by atoms with van der Waals surface area (Å²) in [6.45, 7) is 4.31. The molecule has 0 bridgehead atoms. The molecule has 0 aliphatic rings. The molecule has 2 rings (SSSR count). The number of nitrogens with one attached hydrogen (secondary N) is 1. The van der Waals surface area contributed by atoms with Crippen LogP contribution in [0.1, 0.15) is 17.0 Å². The average molecular weight is 270 g/mol. The zero-order valence-corrected chi connectivity index (χ0v) is 11.1. The first-order valence-electron chi connectivity index (χ1n) is 5.40. The number of halogens is 2. The quantitative estimate of drug-likeness (QED) is 0.868. The molecule has 0 unspecified atom stereocenters. The van der Waals surface area contributed by atoms with E-state index in [9.17, 15) is 4.39 Å². The highest BCUT2D eigenvalue weighted by atomic mass is 35.5. The normalized spacial score (nSPS) is 10.7. The third kappa shape index (κ3) is 2.43. The van der Waals surface area contributed by atoms with Crippen molar-refractivity contribution in [2.45, 2.75) is 20.4 Å². The van der Waals surface area contributed by atoms with E-state index in [2.05, 4.69) is 20.4 Å². The molecule has 0 atom stereocenters. The van der Waals surface area contributed by atoms with Gasteiger partial charge in [0.2, 0.25) is 5.28 Å².